The number of anilines is 1. The molecule has 2 N–H and O–H groups in total. The highest BCUT2D eigenvalue weighted by molar-refractivity contribution is 14.1. The van der Waals surface area contributed by atoms with Gasteiger partial charge in [0, 0.05) is 6.54 Å². The van der Waals surface area contributed by atoms with E-state index in [9.17, 15) is 9.18 Å². The Hall–Kier alpha value is -1.44. The zero-order valence-corrected chi connectivity index (χ0v) is 11.6. The monoisotopic (exact) mass is 359 g/mol. The van der Waals surface area contributed by atoms with Gasteiger partial charge in [0.15, 0.2) is 0 Å². The van der Waals surface area contributed by atoms with Crippen LogP contribution in [0.2, 0.25) is 0 Å². The lowest BCUT2D eigenvalue weighted by molar-refractivity contribution is 0.625. The van der Waals surface area contributed by atoms with Crippen molar-refractivity contribution in [3.63, 3.8) is 0 Å². The number of H-pyrrole nitrogens is 1. The topological polar surface area (TPSA) is 57.8 Å². The van der Waals surface area contributed by atoms with Crippen molar-refractivity contribution in [1.82, 2.24) is 9.97 Å². The lowest BCUT2D eigenvalue weighted by Gasteiger charge is -2.06. The second-order valence-corrected chi connectivity index (χ2v) is 4.78. The third-order valence-corrected chi connectivity index (χ3v) is 3.39. The van der Waals surface area contributed by atoms with Gasteiger partial charge >= 0.3 is 0 Å². The molecule has 18 heavy (non-hydrogen) atoms. The molecule has 0 unspecified atom stereocenters. The fourth-order valence-corrected chi connectivity index (χ4v) is 2.01. The first kappa shape index (κ1) is 13.0. The van der Waals surface area contributed by atoms with E-state index in [0.29, 0.717) is 22.4 Å². The molecule has 0 radical (unpaired) electrons. The second-order valence-electron chi connectivity index (χ2n) is 3.70. The van der Waals surface area contributed by atoms with Crippen LogP contribution in [-0.4, -0.2) is 16.5 Å². The number of halogens is 2. The molecule has 0 bridgehead atoms. The van der Waals surface area contributed by atoms with Crippen LogP contribution in [0.1, 0.15) is 5.56 Å². The van der Waals surface area contributed by atoms with E-state index in [4.69, 9.17) is 0 Å². The predicted octanol–water partition coefficient (Wildman–Crippen LogP) is 2.17. The van der Waals surface area contributed by atoms with Crippen LogP contribution in [0.4, 0.5) is 10.2 Å². The highest BCUT2D eigenvalue weighted by Crippen LogP contribution is 2.09. The average Bonchev–Trinajstić information content (AvgIpc) is 2.35. The lowest BCUT2D eigenvalue weighted by atomic mass is 10.1. The lowest BCUT2D eigenvalue weighted by Crippen LogP contribution is -2.16. The summed E-state index contributed by atoms with van der Waals surface area (Å²) in [5.74, 6) is 0.312. The van der Waals surface area contributed by atoms with Crippen LogP contribution in [0, 0.1) is 9.39 Å². The Kier molecular flexibility index (Phi) is 4.29. The standard InChI is InChI=1S/C12H11FIN3O/c13-9-3-1-2-8(6-9)4-5-15-11-10(14)12(18)17-7-16-11/h1-3,6-7H,4-5H2,(H2,15,16,17,18). The minimum absolute atomic E-state index is 0.168. The van der Waals surface area contributed by atoms with Gasteiger partial charge in [0.1, 0.15) is 15.2 Å². The highest BCUT2D eigenvalue weighted by Gasteiger charge is 2.04. The van der Waals surface area contributed by atoms with Crippen molar-refractivity contribution in [2.45, 2.75) is 6.42 Å². The number of rotatable bonds is 4. The molecule has 0 aliphatic rings. The number of hydrogen-bond donors (Lipinski definition) is 2. The van der Waals surface area contributed by atoms with Crippen molar-refractivity contribution in [2.24, 2.45) is 0 Å². The van der Waals surface area contributed by atoms with Crippen molar-refractivity contribution in [3.8, 4) is 0 Å². The summed E-state index contributed by atoms with van der Waals surface area (Å²) in [6, 6.07) is 6.46. The molecule has 2 aromatic rings. The summed E-state index contributed by atoms with van der Waals surface area (Å²) < 4.78 is 13.5. The van der Waals surface area contributed by atoms with Crippen molar-refractivity contribution in [2.75, 3.05) is 11.9 Å². The fourth-order valence-electron chi connectivity index (χ4n) is 1.52. The maximum atomic E-state index is 13.0. The van der Waals surface area contributed by atoms with Crippen LogP contribution in [0.3, 0.4) is 0 Å². The third kappa shape index (κ3) is 3.28. The maximum absolute atomic E-state index is 13.0. The fraction of sp³-hybridized carbons (Fsp3) is 0.167. The van der Waals surface area contributed by atoms with E-state index >= 15 is 0 Å². The number of aromatic amines is 1. The van der Waals surface area contributed by atoms with Crippen molar-refractivity contribution < 1.29 is 4.39 Å². The Labute approximate surface area is 117 Å². The third-order valence-electron chi connectivity index (χ3n) is 2.39. The van der Waals surface area contributed by atoms with Gasteiger partial charge in [-0.1, -0.05) is 12.1 Å². The van der Waals surface area contributed by atoms with E-state index < -0.39 is 0 Å². The van der Waals surface area contributed by atoms with Crippen LogP contribution in [-0.2, 0) is 6.42 Å². The normalized spacial score (nSPS) is 10.3. The van der Waals surface area contributed by atoms with E-state index in [0.717, 1.165) is 5.56 Å². The van der Waals surface area contributed by atoms with Gasteiger partial charge in [-0.3, -0.25) is 4.79 Å². The average molecular weight is 359 g/mol. The Morgan fingerprint density at radius 2 is 2.28 bits per heavy atom. The Balaban J connectivity index is 1.97. The van der Waals surface area contributed by atoms with Gasteiger partial charge in [0.25, 0.3) is 5.56 Å². The Morgan fingerprint density at radius 3 is 3.06 bits per heavy atom. The smallest absolute Gasteiger partial charge is 0.266 e. The van der Waals surface area contributed by atoms with Crippen molar-refractivity contribution >= 4 is 28.4 Å². The van der Waals surface area contributed by atoms with Gasteiger partial charge in [-0.15, -0.1) is 0 Å². The summed E-state index contributed by atoms with van der Waals surface area (Å²) in [5.41, 5.74) is 0.737. The summed E-state index contributed by atoms with van der Waals surface area (Å²) in [7, 11) is 0. The minimum atomic E-state index is -0.239. The number of nitrogens with zero attached hydrogens (tertiary/aromatic N) is 1. The Morgan fingerprint density at radius 1 is 1.44 bits per heavy atom. The largest absolute Gasteiger partial charge is 0.369 e. The molecular formula is C12H11FIN3O. The first-order valence-corrected chi connectivity index (χ1v) is 6.46. The zero-order chi connectivity index (χ0) is 13.0. The van der Waals surface area contributed by atoms with Gasteiger partial charge in [-0.05, 0) is 46.7 Å². The van der Waals surface area contributed by atoms with Crippen LogP contribution >= 0.6 is 22.6 Å². The first-order chi connectivity index (χ1) is 8.66. The molecule has 6 heteroatoms. The number of hydrogen-bond acceptors (Lipinski definition) is 3. The molecule has 4 nitrogen and oxygen atoms in total. The van der Waals surface area contributed by atoms with Gasteiger partial charge in [-0.25, -0.2) is 9.37 Å². The van der Waals surface area contributed by atoms with Crippen molar-refractivity contribution in [1.29, 1.82) is 0 Å². The SMILES string of the molecule is O=c1[nH]cnc(NCCc2cccc(F)c2)c1I. The van der Waals surface area contributed by atoms with E-state index in [1.807, 2.05) is 28.7 Å². The quantitative estimate of drug-likeness (QED) is 0.823. The van der Waals surface area contributed by atoms with Crippen LogP contribution in [0.25, 0.3) is 0 Å². The van der Waals surface area contributed by atoms with Crippen LogP contribution in [0.15, 0.2) is 35.4 Å². The molecule has 94 valence electrons. The summed E-state index contributed by atoms with van der Waals surface area (Å²) in [6.07, 6.45) is 2.03. The molecule has 0 aliphatic heterocycles. The van der Waals surface area contributed by atoms with E-state index in [1.165, 1.54) is 18.5 Å². The Bertz CT molecular complexity index is 600. The maximum Gasteiger partial charge on any atom is 0.266 e. The molecule has 0 saturated carbocycles. The summed E-state index contributed by atoms with van der Waals surface area (Å²) in [5, 5.41) is 3.06. The number of benzene rings is 1. The van der Waals surface area contributed by atoms with E-state index in [1.54, 1.807) is 6.07 Å². The molecule has 0 spiro atoms. The molecule has 0 amide bonds. The molecular weight excluding hydrogens is 348 g/mol. The van der Waals surface area contributed by atoms with Gasteiger partial charge in [-0.2, -0.15) is 0 Å². The molecule has 0 fully saturated rings. The second kappa shape index (κ2) is 5.94. The summed E-state index contributed by atoms with van der Waals surface area (Å²) in [4.78, 5) is 17.9. The number of aromatic nitrogens is 2. The van der Waals surface area contributed by atoms with E-state index in [-0.39, 0.29) is 11.4 Å². The first-order valence-electron chi connectivity index (χ1n) is 5.38. The van der Waals surface area contributed by atoms with Gasteiger partial charge in [0.2, 0.25) is 0 Å². The number of nitrogens with one attached hydrogen (secondary N) is 2. The van der Waals surface area contributed by atoms with Gasteiger partial charge < -0.3 is 10.3 Å². The predicted molar refractivity (Wildman–Crippen MR) is 76.2 cm³/mol. The molecule has 1 aromatic carbocycles. The summed E-state index contributed by atoms with van der Waals surface area (Å²) >= 11 is 1.94. The van der Waals surface area contributed by atoms with E-state index in [2.05, 4.69) is 15.3 Å². The summed E-state index contributed by atoms with van der Waals surface area (Å²) in [6.45, 7) is 0.593. The molecule has 0 atom stereocenters. The molecule has 0 saturated heterocycles. The molecule has 1 heterocycles. The van der Waals surface area contributed by atoms with Crippen LogP contribution in [0.5, 0.6) is 0 Å². The highest BCUT2D eigenvalue weighted by atomic mass is 127. The van der Waals surface area contributed by atoms with Crippen molar-refractivity contribution in [3.05, 3.63) is 55.9 Å². The van der Waals surface area contributed by atoms with Gasteiger partial charge in [0.05, 0.1) is 6.33 Å². The molecule has 2 rings (SSSR count). The minimum Gasteiger partial charge on any atom is -0.369 e. The molecule has 0 aliphatic carbocycles. The molecule has 1 aromatic heterocycles. The zero-order valence-electron chi connectivity index (χ0n) is 9.41. The van der Waals surface area contributed by atoms with Crippen LogP contribution < -0.4 is 10.9 Å².